The molecule has 1 aliphatic carbocycles. The number of pyridine rings is 1. The zero-order chi connectivity index (χ0) is 26.1. The Kier molecular flexibility index (Phi) is 5.20. The molecule has 2 aromatic heterocycles. The minimum absolute atomic E-state index is 0.0199. The van der Waals surface area contributed by atoms with E-state index in [0.717, 1.165) is 66.7 Å². The predicted molar refractivity (Wildman–Crippen MR) is 141 cm³/mol. The summed E-state index contributed by atoms with van der Waals surface area (Å²) in [4.78, 5) is 21.3. The van der Waals surface area contributed by atoms with Crippen molar-refractivity contribution in [3.8, 4) is 17.2 Å². The van der Waals surface area contributed by atoms with E-state index in [2.05, 4.69) is 41.6 Å². The molecular formula is C29H31FN6O. The maximum Gasteiger partial charge on any atom is 0.245 e. The molecule has 6 rings (SSSR count). The number of aryl methyl sites for hydroxylation is 1. The molecule has 0 atom stereocenters. The van der Waals surface area contributed by atoms with Gasteiger partial charge < -0.3 is 9.80 Å². The molecule has 1 spiro atoms. The Morgan fingerprint density at radius 2 is 2.05 bits per heavy atom. The summed E-state index contributed by atoms with van der Waals surface area (Å²) < 4.78 is 14.8. The van der Waals surface area contributed by atoms with Crippen LogP contribution >= 0.6 is 0 Å². The molecule has 0 bridgehead atoms. The van der Waals surface area contributed by atoms with Crippen LogP contribution in [0.2, 0.25) is 0 Å². The summed E-state index contributed by atoms with van der Waals surface area (Å²) in [7, 11) is 0. The fourth-order valence-corrected chi connectivity index (χ4v) is 6.65. The van der Waals surface area contributed by atoms with E-state index in [-0.39, 0.29) is 22.6 Å². The van der Waals surface area contributed by atoms with Gasteiger partial charge in [-0.3, -0.25) is 9.89 Å². The number of likely N-dealkylation sites (tertiary alicyclic amines) is 1. The number of fused-ring (bicyclic) bond motifs is 2. The molecule has 2 fully saturated rings. The lowest BCUT2D eigenvalue weighted by atomic mass is 9.73. The van der Waals surface area contributed by atoms with E-state index in [1.165, 1.54) is 12.1 Å². The van der Waals surface area contributed by atoms with Gasteiger partial charge in [-0.15, -0.1) is 0 Å². The highest BCUT2D eigenvalue weighted by Gasteiger charge is 2.49. The van der Waals surface area contributed by atoms with Gasteiger partial charge in [0.15, 0.2) is 0 Å². The number of amides is 1. The SMILES string of the molecule is C=CC(=O)N1CC2(CCN(c3nc4c(c(-c5c(C)cc(F)c6[nH]ncc56)c3C#N)CCC(C)(C)C4)C2)C1. The van der Waals surface area contributed by atoms with Gasteiger partial charge in [0, 0.05) is 48.2 Å². The standard InChI is InChI=1S/C29H31FN6O/c1-5-23(37)36-15-29(16-36)8-9-35(14-29)27-19(12-31)25(18-6-7-28(3,4)11-22(18)33-27)24-17(2)10-21(30)26-20(24)13-32-34-26/h5,10,13H,1,6-9,11,14-16H2,2-4H3,(H,32,34). The smallest absolute Gasteiger partial charge is 0.245 e. The van der Waals surface area contributed by atoms with Gasteiger partial charge in [-0.25, -0.2) is 9.37 Å². The van der Waals surface area contributed by atoms with Crippen molar-refractivity contribution in [1.29, 1.82) is 5.26 Å². The number of aromatic amines is 1. The molecule has 190 valence electrons. The van der Waals surface area contributed by atoms with Crippen LogP contribution in [0.5, 0.6) is 0 Å². The fraction of sp³-hybridized carbons (Fsp3) is 0.448. The van der Waals surface area contributed by atoms with E-state index in [1.807, 2.05) is 11.8 Å². The van der Waals surface area contributed by atoms with Gasteiger partial charge in [-0.2, -0.15) is 10.4 Å². The number of nitrogens with zero attached hydrogens (tertiary/aromatic N) is 5. The van der Waals surface area contributed by atoms with Gasteiger partial charge in [0.05, 0.1) is 6.20 Å². The van der Waals surface area contributed by atoms with E-state index in [4.69, 9.17) is 4.98 Å². The minimum Gasteiger partial charge on any atom is -0.355 e. The zero-order valence-corrected chi connectivity index (χ0v) is 21.6. The number of hydrogen-bond acceptors (Lipinski definition) is 5. The third-order valence-electron chi connectivity index (χ3n) is 8.59. The van der Waals surface area contributed by atoms with E-state index in [0.29, 0.717) is 35.4 Å². The van der Waals surface area contributed by atoms with Crippen molar-refractivity contribution in [3.63, 3.8) is 0 Å². The highest BCUT2D eigenvalue weighted by Crippen LogP contribution is 2.47. The number of carbonyl (C=O) groups is 1. The predicted octanol–water partition coefficient (Wildman–Crippen LogP) is 4.68. The second kappa shape index (κ2) is 8.14. The van der Waals surface area contributed by atoms with Gasteiger partial charge in [0.1, 0.15) is 28.8 Å². The molecular weight excluding hydrogens is 467 g/mol. The Labute approximate surface area is 216 Å². The molecule has 2 aliphatic heterocycles. The Morgan fingerprint density at radius 1 is 1.27 bits per heavy atom. The van der Waals surface area contributed by atoms with Gasteiger partial charge in [-0.1, -0.05) is 20.4 Å². The number of carbonyl (C=O) groups excluding carboxylic acids is 1. The van der Waals surface area contributed by atoms with Crippen molar-refractivity contribution in [3.05, 3.63) is 53.1 Å². The summed E-state index contributed by atoms with van der Waals surface area (Å²) >= 11 is 0. The van der Waals surface area contributed by atoms with Gasteiger partial charge in [0.25, 0.3) is 0 Å². The van der Waals surface area contributed by atoms with Crippen LogP contribution in [0.1, 0.15) is 49.1 Å². The van der Waals surface area contributed by atoms with Crippen molar-refractivity contribution in [2.75, 3.05) is 31.1 Å². The average Bonchev–Trinajstić information content (AvgIpc) is 3.50. The van der Waals surface area contributed by atoms with Crippen molar-refractivity contribution < 1.29 is 9.18 Å². The van der Waals surface area contributed by atoms with Crippen molar-refractivity contribution in [2.24, 2.45) is 10.8 Å². The van der Waals surface area contributed by atoms with Crippen LogP contribution in [0, 0.1) is 34.9 Å². The number of H-pyrrole nitrogens is 1. The fourth-order valence-electron chi connectivity index (χ4n) is 6.65. The molecule has 1 aromatic carbocycles. The first-order valence-corrected chi connectivity index (χ1v) is 12.9. The molecule has 3 aliphatic rings. The monoisotopic (exact) mass is 498 g/mol. The Morgan fingerprint density at radius 3 is 2.78 bits per heavy atom. The topological polar surface area (TPSA) is 88.9 Å². The van der Waals surface area contributed by atoms with Gasteiger partial charge >= 0.3 is 0 Å². The van der Waals surface area contributed by atoms with E-state index < -0.39 is 0 Å². The van der Waals surface area contributed by atoms with Crippen LogP contribution in [-0.4, -0.2) is 52.2 Å². The Hall–Kier alpha value is -3.73. The highest BCUT2D eigenvalue weighted by molar-refractivity contribution is 6.00. The number of benzene rings is 1. The molecule has 37 heavy (non-hydrogen) atoms. The minimum atomic E-state index is -0.346. The zero-order valence-electron chi connectivity index (χ0n) is 21.6. The molecule has 1 amide bonds. The Balaban J connectivity index is 1.51. The summed E-state index contributed by atoms with van der Waals surface area (Å²) in [5, 5.41) is 18.2. The van der Waals surface area contributed by atoms with E-state index in [9.17, 15) is 14.4 Å². The second-order valence-electron chi connectivity index (χ2n) is 11.8. The lowest BCUT2D eigenvalue weighted by Crippen LogP contribution is -2.59. The number of nitriles is 1. The van der Waals surface area contributed by atoms with Crippen molar-refractivity contribution in [1.82, 2.24) is 20.1 Å². The quantitative estimate of drug-likeness (QED) is 0.530. The summed E-state index contributed by atoms with van der Waals surface area (Å²) in [6.45, 7) is 13.0. The maximum atomic E-state index is 14.8. The molecule has 0 radical (unpaired) electrons. The van der Waals surface area contributed by atoms with Crippen LogP contribution < -0.4 is 4.90 Å². The first-order chi connectivity index (χ1) is 17.6. The lowest BCUT2D eigenvalue weighted by Gasteiger charge is -2.47. The number of aromatic nitrogens is 3. The van der Waals surface area contributed by atoms with Crippen LogP contribution in [0.4, 0.5) is 10.2 Å². The van der Waals surface area contributed by atoms with Crippen molar-refractivity contribution in [2.45, 2.75) is 46.5 Å². The molecule has 0 saturated carbocycles. The Bertz CT molecular complexity index is 1510. The summed E-state index contributed by atoms with van der Waals surface area (Å²) in [5.41, 5.74) is 5.67. The van der Waals surface area contributed by atoms with Crippen LogP contribution in [0.25, 0.3) is 22.0 Å². The third kappa shape index (κ3) is 3.63. The molecule has 1 N–H and O–H groups in total. The number of rotatable bonds is 3. The average molecular weight is 499 g/mol. The molecule has 0 unspecified atom stereocenters. The van der Waals surface area contributed by atoms with Gasteiger partial charge in [0.2, 0.25) is 5.91 Å². The normalized spacial score (nSPS) is 19.5. The maximum absolute atomic E-state index is 14.8. The van der Waals surface area contributed by atoms with Crippen LogP contribution in [0.15, 0.2) is 24.9 Å². The first-order valence-electron chi connectivity index (χ1n) is 12.9. The molecule has 7 nitrogen and oxygen atoms in total. The molecule has 2 saturated heterocycles. The summed E-state index contributed by atoms with van der Waals surface area (Å²) in [5.74, 6) is 0.329. The van der Waals surface area contributed by atoms with Gasteiger partial charge in [-0.05, 0) is 66.9 Å². The summed E-state index contributed by atoms with van der Waals surface area (Å²) in [6.07, 6.45) is 6.61. The largest absolute Gasteiger partial charge is 0.355 e. The van der Waals surface area contributed by atoms with E-state index in [1.54, 1.807) is 6.20 Å². The third-order valence-corrected chi connectivity index (χ3v) is 8.59. The molecule has 8 heteroatoms. The number of halogens is 1. The van der Waals surface area contributed by atoms with Crippen LogP contribution in [0.3, 0.4) is 0 Å². The first kappa shape index (κ1) is 23.7. The summed E-state index contributed by atoms with van der Waals surface area (Å²) in [6, 6.07) is 4.03. The second-order valence-corrected chi connectivity index (χ2v) is 11.8. The molecule has 3 aromatic rings. The number of nitrogens with one attached hydrogen (secondary N) is 1. The van der Waals surface area contributed by atoms with E-state index >= 15 is 0 Å². The molecule has 4 heterocycles. The number of anilines is 1. The number of hydrogen-bond donors (Lipinski definition) is 1. The lowest BCUT2D eigenvalue weighted by molar-refractivity contribution is -0.136. The highest BCUT2D eigenvalue weighted by atomic mass is 19.1. The van der Waals surface area contributed by atoms with Crippen LogP contribution in [-0.2, 0) is 17.6 Å². The van der Waals surface area contributed by atoms with Crippen molar-refractivity contribution >= 4 is 22.6 Å².